The molecule has 2 aromatic rings. The zero-order valence-electron chi connectivity index (χ0n) is 18.1. The summed E-state index contributed by atoms with van der Waals surface area (Å²) in [4.78, 5) is 14.2. The van der Waals surface area contributed by atoms with Gasteiger partial charge in [-0.3, -0.25) is 0 Å². The zero-order valence-corrected chi connectivity index (χ0v) is 18.1. The van der Waals surface area contributed by atoms with Crippen LogP contribution in [0.15, 0.2) is 49.0 Å². The molecule has 0 radical (unpaired) electrons. The summed E-state index contributed by atoms with van der Waals surface area (Å²) in [6.07, 6.45) is -2.64. The van der Waals surface area contributed by atoms with Gasteiger partial charge in [0.15, 0.2) is 0 Å². The van der Waals surface area contributed by atoms with Crippen molar-refractivity contribution < 1.29 is 18.0 Å². The SMILES string of the molecule is C=C(c1ccc(C)c(NC(=O)NCCN)c1)N1CCC(c2ccc(C(F)(F)F)cc2)CC1. The topological polar surface area (TPSA) is 70.4 Å². The van der Waals surface area contributed by atoms with Crippen LogP contribution in [0.1, 0.15) is 41.0 Å². The molecule has 172 valence electrons. The Morgan fingerprint density at radius 1 is 1.16 bits per heavy atom. The van der Waals surface area contributed by atoms with Crippen LogP contribution in [0.25, 0.3) is 5.70 Å². The van der Waals surface area contributed by atoms with Crippen LogP contribution in [0.5, 0.6) is 0 Å². The quantitative estimate of drug-likeness (QED) is 0.588. The van der Waals surface area contributed by atoms with Crippen LogP contribution in [0.2, 0.25) is 0 Å². The Hall–Kier alpha value is -3.00. The summed E-state index contributed by atoms with van der Waals surface area (Å²) in [7, 11) is 0. The lowest BCUT2D eigenvalue weighted by atomic mass is 9.88. The average Bonchev–Trinajstić information content (AvgIpc) is 2.78. The van der Waals surface area contributed by atoms with Crippen LogP contribution >= 0.6 is 0 Å². The number of anilines is 1. The van der Waals surface area contributed by atoms with Crippen molar-refractivity contribution >= 4 is 17.4 Å². The van der Waals surface area contributed by atoms with Gasteiger partial charge in [-0.1, -0.05) is 30.8 Å². The average molecular weight is 447 g/mol. The van der Waals surface area contributed by atoms with Gasteiger partial charge in [0.2, 0.25) is 0 Å². The van der Waals surface area contributed by atoms with Crippen molar-refractivity contribution in [3.8, 4) is 0 Å². The van der Waals surface area contributed by atoms with E-state index in [1.165, 1.54) is 0 Å². The third kappa shape index (κ3) is 5.82. The number of benzene rings is 2. The lowest BCUT2D eigenvalue weighted by molar-refractivity contribution is -0.137. The molecule has 3 rings (SSSR count). The van der Waals surface area contributed by atoms with E-state index in [4.69, 9.17) is 5.73 Å². The number of alkyl halides is 3. The molecule has 1 fully saturated rings. The molecule has 8 heteroatoms. The van der Waals surface area contributed by atoms with Crippen molar-refractivity contribution in [3.05, 3.63) is 71.3 Å². The second kappa shape index (κ2) is 10.1. The Bertz CT molecular complexity index is 949. The van der Waals surface area contributed by atoms with Crippen LogP contribution in [0, 0.1) is 6.92 Å². The Morgan fingerprint density at radius 2 is 1.81 bits per heavy atom. The van der Waals surface area contributed by atoms with E-state index in [0.29, 0.717) is 18.8 Å². The third-order valence-corrected chi connectivity index (χ3v) is 5.83. The zero-order chi connectivity index (χ0) is 23.3. The van der Waals surface area contributed by atoms with Gasteiger partial charge in [0.05, 0.1) is 5.56 Å². The van der Waals surface area contributed by atoms with Crippen LogP contribution in [-0.4, -0.2) is 37.1 Å². The number of carbonyl (C=O) groups is 1. The Kier molecular flexibility index (Phi) is 7.45. The first-order chi connectivity index (χ1) is 15.2. The van der Waals surface area contributed by atoms with Crippen molar-refractivity contribution in [3.63, 3.8) is 0 Å². The molecule has 5 nitrogen and oxygen atoms in total. The molecule has 0 aliphatic carbocycles. The van der Waals surface area contributed by atoms with Crippen molar-refractivity contribution in [1.29, 1.82) is 0 Å². The predicted octanol–water partition coefficient (Wildman–Crippen LogP) is 4.94. The summed E-state index contributed by atoms with van der Waals surface area (Å²) >= 11 is 0. The molecule has 0 spiro atoms. The molecule has 1 saturated heterocycles. The highest BCUT2D eigenvalue weighted by molar-refractivity contribution is 5.90. The monoisotopic (exact) mass is 446 g/mol. The minimum atomic E-state index is -4.31. The number of nitrogens with zero attached hydrogens (tertiary/aromatic N) is 1. The van der Waals surface area contributed by atoms with E-state index in [1.54, 1.807) is 12.1 Å². The Labute approximate surface area is 186 Å². The van der Waals surface area contributed by atoms with Gasteiger partial charge in [0, 0.05) is 37.6 Å². The van der Waals surface area contributed by atoms with Gasteiger partial charge in [-0.15, -0.1) is 0 Å². The highest BCUT2D eigenvalue weighted by Crippen LogP contribution is 2.34. The van der Waals surface area contributed by atoms with E-state index >= 15 is 0 Å². The molecule has 2 aromatic carbocycles. The van der Waals surface area contributed by atoms with Crippen LogP contribution in [-0.2, 0) is 6.18 Å². The summed E-state index contributed by atoms with van der Waals surface area (Å²) < 4.78 is 38.4. The number of amides is 2. The fraction of sp³-hybridized carbons (Fsp3) is 0.375. The molecule has 0 saturated carbocycles. The summed E-state index contributed by atoms with van der Waals surface area (Å²) in [6.45, 7) is 8.44. The Balaban J connectivity index is 1.61. The standard InChI is InChI=1S/C24H29F3N4O/c1-16-3-4-20(15-22(16)30-23(32)29-12-11-28)17(2)31-13-9-19(10-14-31)18-5-7-21(8-6-18)24(25,26)27/h3-8,15,19H,2,9-14,28H2,1H3,(H2,29,30,32). The molecular weight excluding hydrogens is 417 g/mol. The van der Waals surface area contributed by atoms with Gasteiger partial charge in [0.1, 0.15) is 0 Å². The normalized spacial score (nSPS) is 14.8. The van der Waals surface area contributed by atoms with Gasteiger partial charge in [0.25, 0.3) is 0 Å². The molecule has 4 N–H and O–H groups in total. The van der Waals surface area contributed by atoms with Crippen LogP contribution < -0.4 is 16.4 Å². The van der Waals surface area contributed by atoms with Crippen molar-refractivity contribution in [1.82, 2.24) is 10.2 Å². The van der Waals surface area contributed by atoms with Crippen molar-refractivity contribution in [2.24, 2.45) is 5.73 Å². The predicted molar refractivity (Wildman–Crippen MR) is 121 cm³/mol. The number of hydrogen-bond donors (Lipinski definition) is 3. The number of halogens is 3. The van der Waals surface area contributed by atoms with Crippen molar-refractivity contribution in [2.45, 2.75) is 31.9 Å². The first-order valence-corrected chi connectivity index (χ1v) is 10.7. The summed E-state index contributed by atoms with van der Waals surface area (Å²) in [5.74, 6) is 0.225. The fourth-order valence-electron chi connectivity index (χ4n) is 3.90. The number of urea groups is 1. The highest BCUT2D eigenvalue weighted by atomic mass is 19.4. The summed E-state index contributed by atoms with van der Waals surface area (Å²) in [5.41, 5.74) is 9.15. The molecule has 0 bridgehead atoms. The molecule has 32 heavy (non-hydrogen) atoms. The molecular formula is C24H29F3N4O. The van der Waals surface area contributed by atoms with Gasteiger partial charge < -0.3 is 21.3 Å². The molecule has 0 atom stereocenters. The van der Waals surface area contributed by atoms with Gasteiger partial charge in [-0.2, -0.15) is 13.2 Å². The number of aryl methyl sites for hydroxylation is 1. The number of rotatable bonds is 6. The third-order valence-electron chi connectivity index (χ3n) is 5.83. The molecule has 1 heterocycles. The number of likely N-dealkylation sites (tertiary alicyclic amines) is 1. The minimum absolute atomic E-state index is 0.225. The van der Waals surface area contributed by atoms with E-state index < -0.39 is 11.7 Å². The van der Waals surface area contributed by atoms with Crippen LogP contribution in [0.3, 0.4) is 0 Å². The van der Waals surface area contributed by atoms with E-state index in [9.17, 15) is 18.0 Å². The maximum Gasteiger partial charge on any atom is 0.416 e. The van der Waals surface area contributed by atoms with E-state index in [1.807, 2.05) is 25.1 Å². The summed E-state index contributed by atoms with van der Waals surface area (Å²) in [5, 5.41) is 5.52. The van der Waals surface area contributed by atoms with Gasteiger partial charge in [-0.25, -0.2) is 4.79 Å². The maximum atomic E-state index is 12.8. The molecule has 0 unspecified atom stereocenters. The highest BCUT2D eigenvalue weighted by Gasteiger charge is 2.30. The maximum absolute atomic E-state index is 12.8. The summed E-state index contributed by atoms with van der Waals surface area (Å²) in [6, 6.07) is 11.0. The first-order valence-electron chi connectivity index (χ1n) is 10.7. The van der Waals surface area contributed by atoms with E-state index in [2.05, 4.69) is 22.1 Å². The first kappa shape index (κ1) is 23.7. The van der Waals surface area contributed by atoms with Crippen LogP contribution in [0.4, 0.5) is 23.7 Å². The van der Waals surface area contributed by atoms with Gasteiger partial charge in [-0.05, 0) is 60.6 Å². The number of hydrogen-bond acceptors (Lipinski definition) is 3. The number of nitrogens with one attached hydrogen (secondary N) is 2. The second-order valence-electron chi connectivity index (χ2n) is 8.03. The molecule has 0 aromatic heterocycles. The lowest BCUT2D eigenvalue weighted by Gasteiger charge is -2.35. The molecule has 1 aliphatic rings. The van der Waals surface area contributed by atoms with E-state index in [0.717, 1.165) is 60.5 Å². The molecule has 1 aliphatic heterocycles. The Morgan fingerprint density at radius 3 is 2.41 bits per heavy atom. The van der Waals surface area contributed by atoms with Gasteiger partial charge >= 0.3 is 12.2 Å². The number of nitrogens with two attached hydrogens (primary N) is 1. The lowest BCUT2D eigenvalue weighted by Crippen LogP contribution is -2.33. The number of carbonyl (C=O) groups excluding carboxylic acids is 1. The number of piperidine rings is 1. The van der Waals surface area contributed by atoms with E-state index in [-0.39, 0.29) is 11.9 Å². The second-order valence-corrected chi connectivity index (χ2v) is 8.03. The minimum Gasteiger partial charge on any atom is -0.371 e. The molecule has 2 amide bonds. The largest absolute Gasteiger partial charge is 0.416 e. The van der Waals surface area contributed by atoms with Crippen molar-refractivity contribution in [2.75, 3.05) is 31.5 Å². The smallest absolute Gasteiger partial charge is 0.371 e. The fourth-order valence-corrected chi connectivity index (χ4v) is 3.90.